The highest BCUT2D eigenvalue weighted by molar-refractivity contribution is 5.91. The van der Waals surface area contributed by atoms with E-state index in [-0.39, 0.29) is 5.82 Å². The summed E-state index contributed by atoms with van der Waals surface area (Å²) in [7, 11) is 0. The molecule has 0 spiro atoms. The van der Waals surface area contributed by atoms with Gasteiger partial charge in [-0.2, -0.15) is 0 Å². The average molecular weight is 272 g/mol. The van der Waals surface area contributed by atoms with Gasteiger partial charge in [0.15, 0.2) is 0 Å². The summed E-state index contributed by atoms with van der Waals surface area (Å²) >= 11 is 0. The molecule has 0 saturated heterocycles. The monoisotopic (exact) mass is 272 g/mol. The molecule has 0 fully saturated rings. The molecule has 0 aliphatic carbocycles. The van der Waals surface area contributed by atoms with Crippen LogP contribution >= 0.6 is 0 Å². The van der Waals surface area contributed by atoms with Crippen molar-refractivity contribution < 1.29 is 13.9 Å². The van der Waals surface area contributed by atoms with Crippen LogP contribution in [0.1, 0.15) is 41.3 Å². The van der Waals surface area contributed by atoms with E-state index in [4.69, 9.17) is 4.74 Å². The number of rotatable bonds is 3. The first kappa shape index (κ1) is 14.3. The smallest absolute Gasteiger partial charge is 0.343 e. The van der Waals surface area contributed by atoms with Crippen LogP contribution in [0.25, 0.3) is 0 Å². The van der Waals surface area contributed by atoms with E-state index in [9.17, 15) is 9.18 Å². The Bertz CT molecular complexity index is 615. The summed E-state index contributed by atoms with van der Waals surface area (Å²) in [5.41, 5.74) is 2.34. The quantitative estimate of drug-likeness (QED) is 0.608. The summed E-state index contributed by atoms with van der Waals surface area (Å²) in [6.45, 7) is 6.05. The minimum absolute atomic E-state index is 0.334. The Kier molecular flexibility index (Phi) is 4.18. The third kappa shape index (κ3) is 3.23. The molecule has 0 amide bonds. The van der Waals surface area contributed by atoms with E-state index in [0.717, 1.165) is 11.1 Å². The summed E-state index contributed by atoms with van der Waals surface area (Å²) in [4.78, 5) is 12.0. The van der Waals surface area contributed by atoms with E-state index in [1.165, 1.54) is 24.3 Å². The standard InChI is InChI=1S/C17H17FO2/c1-11(2)14-5-4-12(3)16(10-14)20-17(19)13-6-8-15(18)9-7-13/h4-11H,1-3H3. The topological polar surface area (TPSA) is 26.3 Å². The number of ether oxygens (including phenoxy) is 1. The van der Waals surface area contributed by atoms with Crippen LogP contribution in [-0.2, 0) is 0 Å². The average Bonchev–Trinajstić information content (AvgIpc) is 2.41. The van der Waals surface area contributed by atoms with Crippen LogP contribution in [0.5, 0.6) is 5.75 Å². The SMILES string of the molecule is Cc1ccc(C(C)C)cc1OC(=O)c1ccc(F)cc1. The summed E-state index contributed by atoms with van der Waals surface area (Å²) in [6.07, 6.45) is 0. The molecule has 20 heavy (non-hydrogen) atoms. The van der Waals surface area contributed by atoms with Gasteiger partial charge in [0.1, 0.15) is 11.6 Å². The lowest BCUT2D eigenvalue weighted by atomic mass is 10.0. The fraction of sp³-hybridized carbons (Fsp3) is 0.235. The Morgan fingerprint density at radius 1 is 1.10 bits per heavy atom. The predicted molar refractivity (Wildman–Crippen MR) is 76.6 cm³/mol. The Morgan fingerprint density at radius 2 is 1.75 bits per heavy atom. The molecule has 2 rings (SSSR count). The summed E-state index contributed by atoms with van der Waals surface area (Å²) in [6, 6.07) is 11.2. The molecule has 0 aliphatic heterocycles. The first-order chi connectivity index (χ1) is 9.47. The number of hydrogen-bond donors (Lipinski definition) is 0. The zero-order chi connectivity index (χ0) is 14.7. The number of halogens is 1. The summed E-state index contributed by atoms with van der Waals surface area (Å²) < 4.78 is 18.2. The molecule has 0 bridgehead atoms. The number of hydrogen-bond acceptors (Lipinski definition) is 2. The van der Waals surface area contributed by atoms with Gasteiger partial charge in [-0.05, 0) is 54.3 Å². The van der Waals surface area contributed by atoms with Gasteiger partial charge in [-0.15, -0.1) is 0 Å². The van der Waals surface area contributed by atoms with Gasteiger partial charge in [0.25, 0.3) is 0 Å². The van der Waals surface area contributed by atoms with Crippen molar-refractivity contribution in [2.45, 2.75) is 26.7 Å². The second-order valence-corrected chi connectivity index (χ2v) is 5.08. The van der Waals surface area contributed by atoms with Crippen molar-refractivity contribution in [3.8, 4) is 5.75 Å². The largest absolute Gasteiger partial charge is 0.423 e. The van der Waals surface area contributed by atoms with E-state index in [1.807, 2.05) is 25.1 Å². The molecule has 0 atom stereocenters. The predicted octanol–water partition coefficient (Wildman–Crippen LogP) is 4.48. The van der Waals surface area contributed by atoms with Gasteiger partial charge in [0.2, 0.25) is 0 Å². The van der Waals surface area contributed by atoms with Crippen molar-refractivity contribution in [1.29, 1.82) is 0 Å². The fourth-order valence-electron chi connectivity index (χ4n) is 1.83. The maximum absolute atomic E-state index is 12.8. The van der Waals surface area contributed by atoms with Gasteiger partial charge in [-0.1, -0.05) is 26.0 Å². The fourth-order valence-corrected chi connectivity index (χ4v) is 1.83. The van der Waals surface area contributed by atoms with Crippen LogP contribution in [0.4, 0.5) is 4.39 Å². The molecule has 2 nitrogen and oxygen atoms in total. The zero-order valence-electron chi connectivity index (χ0n) is 11.8. The van der Waals surface area contributed by atoms with Crippen molar-refractivity contribution in [1.82, 2.24) is 0 Å². The van der Waals surface area contributed by atoms with Gasteiger partial charge >= 0.3 is 5.97 Å². The molecule has 0 aliphatic rings. The van der Waals surface area contributed by atoms with Crippen molar-refractivity contribution in [2.24, 2.45) is 0 Å². The molecular formula is C17H17FO2. The summed E-state index contributed by atoms with van der Waals surface area (Å²) in [5.74, 6) is 0.0536. The van der Waals surface area contributed by atoms with E-state index in [2.05, 4.69) is 13.8 Å². The molecule has 0 heterocycles. The number of aryl methyl sites for hydroxylation is 1. The highest BCUT2D eigenvalue weighted by Crippen LogP contribution is 2.25. The first-order valence-corrected chi connectivity index (χ1v) is 6.55. The van der Waals surface area contributed by atoms with Crippen LogP contribution in [0.3, 0.4) is 0 Å². The molecule has 0 unspecified atom stereocenters. The maximum Gasteiger partial charge on any atom is 0.343 e. The minimum Gasteiger partial charge on any atom is -0.423 e. The Balaban J connectivity index is 2.23. The molecule has 3 heteroatoms. The maximum atomic E-state index is 12.8. The number of esters is 1. The highest BCUT2D eigenvalue weighted by Gasteiger charge is 2.11. The van der Waals surface area contributed by atoms with Gasteiger partial charge in [-0.3, -0.25) is 0 Å². The van der Waals surface area contributed by atoms with Gasteiger partial charge in [0, 0.05) is 0 Å². The van der Waals surface area contributed by atoms with E-state index in [0.29, 0.717) is 17.2 Å². The number of carbonyl (C=O) groups is 1. The Hall–Kier alpha value is -2.16. The Labute approximate surface area is 118 Å². The van der Waals surface area contributed by atoms with Crippen molar-refractivity contribution >= 4 is 5.97 Å². The molecule has 0 aromatic heterocycles. The molecule has 2 aromatic rings. The minimum atomic E-state index is -0.478. The van der Waals surface area contributed by atoms with Crippen molar-refractivity contribution in [3.63, 3.8) is 0 Å². The number of benzene rings is 2. The summed E-state index contributed by atoms with van der Waals surface area (Å²) in [5, 5.41) is 0. The van der Waals surface area contributed by atoms with Gasteiger partial charge in [-0.25, -0.2) is 9.18 Å². The Morgan fingerprint density at radius 3 is 2.35 bits per heavy atom. The third-order valence-electron chi connectivity index (χ3n) is 3.16. The molecule has 0 saturated carbocycles. The van der Waals surface area contributed by atoms with Crippen LogP contribution in [0.15, 0.2) is 42.5 Å². The zero-order valence-corrected chi connectivity index (χ0v) is 11.8. The van der Waals surface area contributed by atoms with E-state index in [1.54, 1.807) is 0 Å². The van der Waals surface area contributed by atoms with E-state index >= 15 is 0 Å². The third-order valence-corrected chi connectivity index (χ3v) is 3.16. The lowest BCUT2D eigenvalue weighted by molar-refractivity contribution is 0.0733. The van der Waals surface area contributed by atoms with Crippen molar-refractivity contribution in [3.05, 3.63) is 65.0 Å². The molecule has 0 radical (unpaired) electrons. The second kappa shape index (κ2) is 5.87. The van der Waals surface area contributed by atoms with Crippen LogP contribution in [0.2, 0.25) is 0 Å². The lowest BCUT2D eigenvalue weighted by Gasteiger charge is -2.11. The van der Waals surface area contributed by atoms with Crippen LogP contribution in [-0.4, -0.2) is 5.97 Å². The first-order valence-electron chi connectivity index (χ1n) is 6.55. The normalized spacial score (nSPS) is 10.7. The van der Waals surface area contributed by atoms with Crippen molar-refractivity contribution in [2.75, 3.05) is 0 Å². The van der Waals surface area contributed by atoms with Crippen LogP contribution in [0, 0.1) is 12.7 Å². The van der Waals surface area contributed by atoms with Gasteiger partial charge < -0.3 is 4.74 Å². The molecule has 0 N–H and O–H groups in total. The lowest BCUT2D eigenvalue weighted by Crippen LogP contribution is -2.09. The molecule has 104 valence electrons. The van der Waals surface area contributed by atoms with Gasteiger partial charge in [0.05, 0.1) is 5.56 Å². The molecule has 2 aromatic carbocycles. The number of carbonyl (C=O) groups excluding carboxylic acids is 1. The highest BCUT2D eigenvalue weighted by atomic mass is 19.1. The second-order valence-electron chi connectivity index (χ2n) is 5.08. The van der Waals surface area contributed by atoms with E-state index < -0.39 is 5.97 Å². The van der Waals surface area contributed by atoms with Crippen LogP contribution < -0.4 is 4.74 Å². The molecular weight excluding hydrogens is 255 g/mol.